The summed E-state index contributed by atoms with van der Waals surface area (Å²) in [4.78, 5) is 4.94. The molecule has 2 rings (SSSR count). The molecule has 0 spiro atoms. The van der Waals surface area contributed by atoms with E-state index in [0.29, 0.717) is 0 Å². The maximum atomic E-state index is 8.69. The van der Waals surface area contributed by atoms with Crippen LogP contribution in [0.3, 0.4) is 0 Å². The lowest BCUT2D eigenvalue weighted by atomic mass is 9.99. The second-order valence-electron chi connectivity index (χ2n) is 4.68. The van der Waals surface area contributed by atoms with Crippen LogP contribution in [0.4, 0.5) is 0 Å². The Balaban J connectivity index is 1.83. The molecule has 2 aliphatic rings. The summed E-state index contributed by atoms with van der Waals surface area (Å²) in [6, 6.07) is 2.51. The van der Waals surface area contributed by atoms with Gasteiger partial charge in [0, 0.05) is 32.2 Å². The summed E-state index contributed by atoms with van der Waals surface area (Å²) in [5.41, 5.74) is 5.66. The van der Waals surface area contributed by atoms with Crippen molar-refractivity contribution in [1.29, 1.82) is 5.26 Å². The normalized spacial score (nSPS) is 30.5. The number of rotatable bonds is 2. The van der Waals surface area contributed by atoms with Gasteiger partial charge in [-0.3, -0.25) is 9.80 Å². The number of piperidine rings is 1. The zero-order valence-electron chi connectivity index (χ0n) is 9.23. The summed E-state index contributed by atoms with van der Waals surface area (Å²) in [5, 5.41) is 8.69. The monoisotopic (exact) mass is 208 g/mol. The third-order valence-corrected chi connectivity index (χ3v) is 3.54. The minimum absolute atomic E-state index is 0.319. The van der Waals surface area contributed by atoms with Gasteiger partial charge in [-0.2, -0.15) is 5.26 Å². The molecule has 0 bridgehead atoms. The fourth-order valence-electron chi connectivity index (χ4n) is 2.71. The molecule has 0 aromatic rings. The van der Waals surface area contributed by atoms with Crippen molar-refractivity contribution in [2.75, 3.05) is 32.7 Å². The Morgan fingerprint density at radius 1 is 1.33 bits per heavy atom. The second-order valence-corrected chi connectivity index (χ2v) is 4.68. The molecule has 0 aromatic carbocycles. The van der Waals surface area contributed by atoms with Gasteiger partial charge in [0.15, 0.2) is 0 Å². The predicted octanol–water partition coefficient (Wildman–Crippen LogP) is 0.00738. The topological polar surface area (TPSA) is 56.3 Å². The first-order valence-corrected chi connectivity index (χ1v) is 5.91. The molecule has 2 saturated heterocycles. The fourth-order valence-corrected chi connectivity index (χ4v) is 2.71. The Bertz CT molecular complexity index is 247. The zero-order chi connectivity index (χ0) is 10.7. The van der Waals surface area contributed by atoms with E-state index >= 15 is 0 Å². The van der Waals surface area contributed by atoms with Crippen LogP contribution in [0.5, 0.6) is 0 Å². The molecule has 0 aliphatic carbocycles. The summed E-state index contributed by atoms with van der Waals surface area (Å²) >= 11 is 0. The van der Waals surface area contributed by atoms with E-state index in [9.17, 15) is 0 Å². The highest BCUT2D eigenvalue weighted by Gasteiger charge is 2.29. The fraction of sp³-hybridized carbons (Fsp3) is 0.909. The highest BCUT2D eigenvalue weighted by Crippen LogP contribution is 2.20. The molecule has 84 valence electrons. The maximum absolute atomic E-state index is 8.69. The third-order valence-electron chi connectivity index (χ3n) is 3.54. The number of nitriles is 1. The summed E-state index contributed by atoms with van der Waals surface area (Å²) in [5.74, 6) is 0. The largest absolute Gasteiger partial charge is 0.315 e. The summed E-state index contributed by atoms with van der Waals surface area (Å²) in [6.45, 7) is 5.34. The van der Waals surface area contributed by atoms with Crippen molar-refractivity contribution < 1.29 is 0 Å². The van der Waals surface area contributed by atoms with Crippen molar-refractivity contribution >= 4 is 0 Å². The number of nitrogens with two attached hydrogens (primary N) is 1. The molecule has 0 radical (unpaired) electrons. The van der Waals surface area contributed by atoms with Gasteiger partial charge in [0.1, 0.15) is 6.04 Å². The lowest BCUT2D eigenvalue weighted by molar-refractivity contribution is 0.0488. The van der Waals surface area contributed by atoms with E-state index in [0.717, 1.165) is 32.2 Å². The van der Waals surface area contributed by atoms with Crippen LogP contribution < -0.4 is 5.73 Å². The smallest absolute Gasteiger partial charge is 0.106 e. The number of fused-ring (bicyclic) bond motifs is 1. The molecular weight excluding hydrogens is 188 g/mol. The minimum atomic E-state index is -0.319. The molecule has 2 aliphatic heterocycles. The van der Waals surface area contributed by atoms with E-state index in [1.807, 2.05) is 0 Å². The Morgan fingerprint density at radius 3 is 3.00 bits per heavy atom. The molecule has 4 heteroatoms. The molecular formula is C11H20N4. The van der Waals surface area contributed by atoms with Crippen molar-refractivity contribution in [3.05, 3.63) is 0 Å². The van der Waals surface area contributed by atoms with E-state index < -0.39 is 0 Å². The number of hydrogen-bond donors (Lipinski definition) is 1. The molecule has 0 saturated carbocycles. The Morgan fingerprint density at radius 2 is 2.20 bits per heavy atom. The van der Waals surface area contributed by atoms with Crippen molar-refractivity contribution in [1.82, 2.24) is 9.80 Å². The highest BCUT2D eigenvalue weighted by molar-refractivity contribution is 4.92. The summed E-state index contributed by atoms with van der Waals surface area (Å²) in [6.07, 6.45) is 4.03. The number of piperazine rings is 1. The average Bonchev–Trinajstić information content (AvgIpc) is 2.29. The standard InChI is InChI=1S/C11H20N4/c12-7-10(13)8-14-5-6-15-4-2-1-3-11(15)9-14/h10-11H,1-6,8-9,13H2. The van der Waals surface area contributed by atoms with Gasteiger partial charge >= 0.3 is 0 Å². The molecule has 2 N–H and O–H groups in total. The highest BCUT2D eigenvalue weighted by atomic mass is 15.3. The van der Waals surface area contributed by atoms with Gasteiger partial charge in [-0.1, -0.05) is 6.42 Å². The maximum Gasteiger partial charge on any atom is 0.106 e. The SMILES string of the molecule is N#CC(N)CN1CCN2CCCCC2C1. The summed E-state index contributed by atoms with van der Waals surface area (Å²) in [7, 11) is 0. The van der Waals surface area contributed by atoms with Gasteiger partial charge in [0.25, 0.3) is 0 Å². The Hall–Kier alpha value is -0.630. The van der Waals surface area contributed by atoms with Crippen LogP contribution in [-0.4, -0.2) is 54.6 Å². The van der Waals surface area contributed by atoms with Crippen molar-refractivity contribution in [2.24, 2.45) is 5.73 Å². The minimum Gasteiger partial charge on any atom is -0.315 e. The zero-order valence-corrected chi connectivity index (χ0v) is 9.23. The predicted molar refractivity (Wildman–Crippen MR) is 59.2 cm³/mol. The molecule has 4 nitrogen and oxygen atoms in total. The van der Waals surface area contributed by atoms with Gasteiger partial charge < -0.3 is 5.73 Å². The number of hydrogen-bond acceptors (Lipinski definition) is 4. The molecule has 15 heavy (non-hydrogen) atoms. The van der Waals surface area contributed by atoms with Crippen LogP contribution in [0.15, 0.2) is 0 Å². The Labute approximate surface area is 91.6 Å². The first kappa shape index (κ1) is 10.9. The van der Waals surface area contributed by atoms with Crippen LogP contribution in [-0.2, 0) is 0 Å². The lowest BCUT2D eigenvalue weighted by Gasteiger charge is -2.44. The lowest BCUT2D eigenvalue weighted by Crippen LogP contribution is -2.56. The first-order chi connectivity index (χ1) is 7.29. The molecule has 2 unspecified atom stereocenters. The van der Waals surface area contributed by atoms with Crippen molar-refractivity contribution in [3.63, 3.8) is 0 Å². The quantitative estimate of drug-likeness (QED) is 0.694. The van der Waals surface area contributed by atoms with Gasteiger partial charge in [-0.25, -0.2) is 0 Å². The van der Waals surface area contributed by atoms with Gasteiger partial charge in [0.05, 0.1) is 6.07 Å². The van der Waals surface area contributed by atoms with Crippen LogP contribution >= 0.6 is 0 Å². The molecule has 2 fully saturated rings. The van der Waals surface area contributed by atoms with Crippen molar-refractivity contribution in [3.8, 4) is 6.07 Å². The first-order valence-electron chi connectivity index (χ1n) is 5.91. The molecule has 2 atom stereocenters. The van der Waals surface area contributed by atoms with Crippen LogP contribution in [0.25, 0.3) is 0 Å². The van der Waals surface area contributed by atoms with E-state index in [1.165, 1.54) is 25.8 Å². The third kappa shape index (κ3) is 2.69. The van der Waals surface area contributed by atoms with Gasteiger partial charge in [-0.15, -0.1) is 0 Å². The Kier molecular flexibility index (Phi) is 3.57. The van der Waals surface area contributed by atoms with E-state index in [2.05, 4.69) is 15.9 Å². The average molecular weight is 208 g/mol. The molecule has 0 aromatic heterocycles. The van der Waals surface area contributed by atoms with E-state index in [-0.39, 0.29) is 6.04 Å². The van der Waals surface area contributed by atoms with E-state index in [1.54, 1.807) is 0 Å². The van der Waals surface area contributed by atoms with Gasteiger partial charge in [0.2, 0.25) is 0 Å². The van der Waals surface area contributed by atoms with E-state index in [4.69, 9.17) is 11.0 Å². The van der Waals surface area contributed by atoms with Gasteiger partial charge in [-0.05, 0) is 19.4 Å². The number of nitrogens with zero attached hydrogens (tertiary/aromatic N) is 3. The molecule has 0 amide bonds. The van der Waals surface area contributed by atoms with Crippen LogP contribution in [0.1, 0.15) is 19.3 Å². The molecule has 2 heterocycles. The van der Waals surface area contributed by atoms with Crippen LogP contribution in [0.2, 0.25) is 0 Å². The van der Waals surface area contributed by atoms with Crippen molar-refractivity contribution in [2.45, 2.75) is 31.3 Å². The summed E-state index contributed by atoms with van der Waals surface area (Å²) < 4.78 is 0. The van der Waals surface area contributed by atoms with Crippen LogP contribution in [0, 0.1) is 11.3 Å². The second kappa shape index (κ2) is 4.93.